The third-order valence-electron chi connectivity index (χ3n) is 2.52. The third kappa shape index (κ3) is 2.40. The first-order valence-corrected chi connectivity index (χ1v) is 5.67. The number of nitrogen functional groups attached to an aromatic ring is 1. The van der Waals surface area contributed by atoms with E-state index in [-0.39, 0.29) is 12.4 Å². The zero-order chi connectivity index (χ0) is 13.8. The summed E-state index contributed by atoms with van der Waals surface area (Å²) in [6, 6.07) is 6.79. The number of nitrogens with zero attached hydrogens (tertiary/aromatic N) is 3. The van der Waals surface area contributed by atoms with Crippen molar-refractivity contribution in [3.8, 4) is 11.8 Å². The number of ether oxygens (including phenoxy) is 1. The predicted molar refractivity (Wildman–Crippen MR) is 68.6 cm³/mol. The summed E-state index contributed by atoms with van der Waals surface area (Å²) in [6.07, 6.45) is 3.09. The number of benzene rings is 1. The monoisotopic (exact) mass is 256 g/mol. The predicted octanol–water partition coefficient (Wildman–Crippen LogP) is 1.50. The third-order valence-corrected chi connectivity index (χ3v) is 2.52. The summed E-state index contributed by atoms with van der Waals surface area (Å²) in [7, 11) is 0. The Morgan fingerprint density at radius 3 is 3.05 bits per heavy atom. The molecule has 0 aliphatic rings. The minimum Gasteiger partial charge on any atom is -0.462 e. The molecule has 2 rings (SSSR count). The number of carbonyl (C=O) groups excluding carboxylic acids is 1. The van der Waals surface area contributed by atoms with Crippen molar-refractivity contribution >= 4 is 11.7 Å². The summed E-state index contributed by atoms with van der Waals surface area (Å²) in [5, 5.41) is 8.98. The Morgan fingerprint density at radius 1 is 1.58 bits per heavy atom. The standard InChI is InChI=1S/C13H12N4O2/c1-2-19-13(18)10-7-9(15)3-4-11(10)17-6-5-16-12(17)8-14/h3-7H,2,15H2,1H3. The lowest BCUT2D eigenvalue weighted by Gasteiger charge is -2.11. The van der Waals surface area contributed by atoms with Gasteiger partial charge in [0, 0.05) is 18.1 Å². The smallest absolute Gasteiger partial charge is 0.340 e. The van der Waals surface area contributed by atoms with Gasteiger partial charge in [-0.05, 0) is 25.1 Å². The van der Waals surface area contributed by atoms with Crippen LogP contribution in [-0.4, -0.2) is 22.1 Å². The minimum atomic E-state index is -0.484. The van der Waals surface area contributed by atoms with Crippen LogP contribution in [0.25, 0.3) is 5.69 Å². The van der Waals surface area contributed by atoms with E-state index in [0.717, 1.165) is 0 Å². The molecule has 0 fully saturated rings. The summed E-state index contributed by atoms with van der Waals surface area (Å²) in [5.41, 5.74) is 6.95. The second-order valence-electron chi connectivity index (χ2n) is 3.73. The molecule has 0 amide bonds. The number of nitrogens with two attached hydrogens (primary N) is 1. The molecule has 6 heteroatoms. The van der Waals surface area contributed by atoms with Gasteiger partial charge in [0.2, 0.25) is 5.82 Å². The topological polar surface area (TPSA) is 93.9 Å². The highest BCUT2D eigenvalue weighted by molar-refractivity contribution is 5.94. The molecule has 0 unspecified atom stereocenters. The number of rotatable bonds is 3. The van der Waals surface area contributed by atoms with Gasteiger partial charge in [-0.3, -0.25) is 4.57 Å². The first-order valence-electron chi connectivity index (χ1n) is 5.67. The fourth-order valence-corrected chi connectivity index (χ4v) is 1.72. The molecule has 1 heterocycles. The molecule has 0 radical (unpaired) electrons. The van der Waals surface area contributed by atoms with Crippen LogP contribution >= 0.6 is 0 Å². The molecule has 19 heavy (non-hydrogen) atoms. The van der Waals surface area contributed by atoms with Crippen LogP contribution in [0.3, 0.4) is 0 Å². The van der Waals surface area contributed by atoms with E-state index in [1.165, 1.54) is 16.8 Å². The number of hydrogen-bond donors (Lipinski definition) is 1. The number of imidazole rings is 1. The maximum Gasteiger partial charge on any atom is 0.340 e. The Kier molecular flexibility index (Phi) is 3.48. The average molecular weight is 256 g/mol. The van der Waals surface area contributed by atoms with Crippen molar-refractivity contribution in [1.29, 1.82) is 5.26 Å². The van der Waals surface area contributed by atoms with E-state index < -0.39 is 5.97 Å². The van der Waals surface area contributed by atoms with Crippen molar-refractivity contribution in [3.63, 3.8) is 0 Å². The van der Waals surface area contributed by atoms with Gasteiger partial charge in [-0.1, -0.05) is 0 Å². The summed E-state index contributed by atoms with van der Waals surface area (Å²) in [4.78, 5) is 15.8. The van der Waals surface area contributed by atoms with E-state index in [0.29, 0.717) is 16.9 Å². The first-order chi connectivity index (χ1) is 9.17. The quantitative estimate of drug-likeness (QED) is 0.663. The lowest BCUT2D eigenvalue weighted by molar-refractivity contribution is 0.0526. The summed E-state index contributed by atoms with van der Waals surface area (Å²) in [6.45, 7) is 1.99. The molecule has 0 aliphatic heterocycles. The number of nitriles is 1. The van der Waals surface area contributed by atoms with Crippen LogP contribution in [-0.2, 0) is 4.74 Å². The molecule has 1 aromatic heterocycles. The SMILES string of the molecule is CCOC(=O)c1cc(N)ccc1-n1ccnc1C#N. The Labute approximate surface area is 110 Å². The van der Waals surface area contributed by atoms with Crippen molar-refractivity contribution in [2.45, 2.75) is 6.92 Å². The van der Waals surface area contributed by atoms with Gasteiger partial charge < -0.3 is 10.5 Å². The average Bonchev–Trinajstić information content (AvgIpc) is 2.87. The van der Waals surface area contributed by atoms with E-state index >= 15 is 0 Å². The van der Waals surface area contributed by atoms with Crippen LogP contribution in [0.15, 0.2) is 30.6 Å². The number of anilines is 1. The minimum absolute atomic E-state index is 0.190. The van der Waals surface area contributed by atoms with Gasteiger partial charge >= 0.3 is 5.97 Å². The van der Waals surface area contributed by atoms with Gasteiger partial charge in [0.25, 0.3) is 0 Å². The van der Waals surface area contributed by atoms with Crippen LogP contribution in [0.5, 0.6) is 0 Å². The number of carbonyl (C=O) groups is 1. The summed E-state index contributed by atoms with van der Waals surface area (Å²) in [5.74, 6) is -0.294. The van der Waals surface area contributed by atoms with Crippen molar-refractivity contribution in [3.05, 3.63) is 42.0 Å². The lowest BCUT2D eigenvalue weighted by atomic mass is 10.1. The Hall–Kier alpha value is -2.81. The second-order valence-corrected chi connectivity index (χ2v) is 3.73. The molecule has 6 nitrogen and oxygen atoms in total. The lowest BCUT2D eigenvalue weighted by Crippen LogP contribution is -2.11. The van der Waals surface area contributed by atoms with Gasteiger partial charge in [-0.25, -0.2) is 9.78 Å². The largest absolute Gasteiger partial charge is 0.462 e. The van der Waals surface area contributed by atoms with E-state index in [2.05, 4.69) is 4.98 Å². The molecule has 0 bridgehead atoms. The molecule has 96 valence electrons. The van der Waals surface area contributed by atoms with Crippen LogP contribution in [0.1, 0.15) is 23.1 Å². The zero-order valence-corrected chi connectivity index (χ0v) is 10.3. The van der Waals surface area contributed by atoms with Crippen molar-refractivity contribution in [1.82, 2.24) is 9.55 Å². The number of hydrogen-bond acceptors (Lipinski definition) is 5. The zero-order valence-electron chi connectivity index (χ0n) is 10.3. The van der Waals surface area contributed by atoms with E-state index in [4.69, 9.17) is 15.7 Å². The van der Waals surface area contributed by atoms with Gasteiger partial charge in [-0.15, -0.1) is 0 Å². The van der Waals surface area contributed by atoms with Crippen LogP contribution in [0.4, 0.5) is 5.69 Å². The highest BCUT2D eigenvalue weighted by Gasteiger charge is 2.16. The highest BCUT2D eigenvalue weighted by atomic mass is 16.5. The summed E-state index contributed by atoms with van der Waals surface area (Å²) >= 11 is 0. The molecular weight excluding hydrogens is 244 g/mol. The fourth-order valence-electron chi connectivity index (χ4n) is 1.72. The fraction of sp³-hybridized carbons (Fsp3) is 0.154. The Morgan fingerprint density at radius 2 is 2.37 bits per heavy atom. The van der Waals surface area contributed by atoms with Gasteiger partial charge in [0.05, 0.1) is 17.9 Å². The maximum absolute atomic E-state index is 11.9. The molecule has 0 aliphatic carbocycles. The van der Waals surface area contributed by atoms with Crippen LogP contribution in [0.2, 0.25) is 0 Å². The van der Waals surface area contributed by atoms with E-state index in [1.807, 2.05) is 6.07 Å². The summed E-state index contributed by atoms with van der Waals surface area (Å²) < 4.78 is 6.50. The molecule has 2 aromatic rings. The van der Waals surface area contributed by atoms with Crippen LogP contribution < -0.4 is 5.73 Å². The Balaban J connectivity index is 2.58. The van der Waals surface area contributed by atoms with Crippen molar-refractivity contribution in [2.24, 2.45) is 0 Å². The molecular formula is C13H12N4O2. The van der Waals surface area contributed by atoms with E-state index in [1.54, 1.807) is 25.3 Å². The van der Waals surface area contributed by atoms with Gasteiger partial charge in [0.1, 0.15) is 6.07 Å². The normalized spacial score (nSPS) is 9.89. The maximum atomic E-state index is 11.9. The molecule has 0 saturated carbocycles. The van der Waals surface area contributed by atoms with Crippen LogP contribution in [0, 0.1) is 11.3 Å². The van der Waals surface area contributed by atoms with Gasteiger partial charge in [0.15, 0.2) is 0 Å². The van der Waals surface area contributed by atoms with Crippen molar-refractivity contribution < 1.29 is 9.53 Å². The van der Waals surface area contributed by atoms with Gasteiger partial charge in [-0.2, -0.15) is 5.26 Å². The number of esters is 1. The molecule has 1 aromatic carbocycles. The van der Waals surface area contributed by atoms with Crippen molar-refractivity contribution in [2.75, 3.05) is 12.3 Å². The molecule has 0 spiro atoms. The molecule has 0 atom stereocenters. The Bertz CT molecular complexity index is 655. The second kappa shape index (κ2) is 5.23. The molecule has 2 N–H and O–H groups in total. The number of aromatic nitrogens is 2. The molecule has 0 saturated heterocycles. The highest BCUT2D eigenvalue weighted by Crippen LogP contribution is 2.20. The first kappa shape index (κ1) is 12.6. The van der Waals surface area contributed by atoms with E-state index in [9.17, 15) is 4.79 Å².